The van der Waals surface area contributed by atoms with Crippen molar-refractivity contribution < 1.29 is 9.53 Å². The number of rotatable bonds is 4. The third kappa shape index (κ3) is 3.60. The van der Waals surface area contributed by atoms with Crippen LogP contribution in [0.4, 0.5) is 0 Å². The van der Waals surface area contributed by atoms with Crippen molar-refractivity contribution in [3.63, 3.8) is 0 Å². The Morgan fingerprint density at radius 1 is 1.05 bits per heavy atom. The highest BCUT2D eigenvalue weighted by Gasteiger charge is 2.06. The molecule has 0 saturated carbocycles. The van der Waals surface area contributed by atoms with Gasteiger partial charge in [-0.3, -0.25) is 4.79 Å². The van der Waals surface area contributed by atoms with Crippen LogP contribution >= 0.6 is 0 Å². The van der Waals surface area contributed by atoms with Crippen LogP contribution in [0.5, 0.6) is 5.75 Å². The van der Waals surface area contributed by atoms with Crippen molar-refractivity contribution in [3.8, 4) is 5.75 Å². The van der Waals surface area contributed by atoms with Gasteiger partial charge in [-0.2, -0.15) is 0 Å². The van der Waals surface area contributed by atoms with Crippen molar-refractivity contribution in [2.24, 2.45) is 0 Å². The molecule has 0 bridgehead atoms. The number of ether oxygens (including phenoxy) is 1. The van der Waals surface area contributed by atoms with Crippen LogP contribution in [0.25, 0.3) is 0 Å². The molecule has 0 aliphatic heterocycles. The summed E-state index contributed by atoms with van der Waals surface area (Å²) in [6, 6.07) is 13.5. The van der Waals surface area contributed by atoms with Gasteiger partial charge in [0.05, 0.1) is 7.11 Å². The molecule has 0 fully saturated rings. The van der Waals surface area contributed by atoms with Gasteiger partial charge in [0.25, 0.3) is 5.91 Å². The maximum absolute atomic E-state index is 12.1. The smallest absolute Gasteiger partial charge is 0.251 e. The monoisotopic (exact) mass is 269 g/mol. The molecule has 1 N–H and O–H groups in total. The van der Waals surface area contributed by atoms with E-state index in [1.165, 1.54) is 0 Å². The summed E-state index contributed by atoms with van der Waals surface area (Å²) in [5.41, 5.74) is 3.94. The molecule has 20 heavy (non-hydrogen) atoms. The van der Waals surface area contributed by atoms with Crippen molar-refractivity contribution in [2.75, 3.05) is 7.11 Å². The van der Waals surface area contributed by atoms with Gasteiger partial charge in [-0.1, -0.05) is 29.3 Å². The summed E-state index contributed by atoms with van der Waals surface area (Å²) in [5.74, 6) is 0.766. The van der Waals surface area contributed by atoms with Crippen molar-refractivity contribution in [1.82, 2.24) is 5.32 Å². The Labute approximate surface area is 119 Å². The fourth-order valence-corrected chi connectivity index (χ4v) is 2.13. The second kappa shape index (κ2) is 6.24. The summed E-state index contributed by atoms with van der Waals surface area (Å²) in [6.45, 7) is 4.50. The van der Waals surface area contributed by atoms with Crippen molar-refractivity contribution >= 4 is 5.91 Å². The molecule has 0 aliphatic carbocycles. The van der Waals surface area contributed by atoms with Crippen molar-refractivity contribution in [2.45, 2.75) is 20.4 Å². The molecule has 0 saturated heterocycles. The first kappa shape index (κ1) is 14.1. The summed E-state index contributed by atoms with van der Waals surface area (Å²) >= 11 is 0. The molecule has 104 valence electrons. The Bertz CT molecular complexity index is 583. The van der Waals surface area contributed by atoms with Crippen LogP contribution in [-0.2, 0) is 6.54 Å². The maximum atomic E-state index is 12.1. The Balaban J connectivity index is 2.00. The van der Waals surface area contributed by atoms with Crippen LogP contribution in [0.2, 0.25) is 0 Å². The lowest BCUT2D eigenvalue weighted by atomic mass is 10.1. The highest BCUT2D eigenvalue weighted by Crippen LogP contribution is 2.12. The number of carbonyl (C=O) groups excluding carboxylic acids is 1. The minimum Gasteiger partial charge on any atom is -0.497 e. The van der Waals surface area contributed by atoms with E-state index in [-0.39, 0.29) is 5.91 Å². The van der Waals surface area contributed by atoms with Gasteiger partial charge >= 0.3 is 0 Å². The number of hydrogen-bond acceptors (Lipinski definition) is 2. The number of hydrogen-bond donors (Lipinski definition) is 1. The van der Waals surface area contributed by atoms with E-state index in [1.54, 1.807) is 7.11 Å². The first-order valence-corrected chi connectivity index (χ1v) is 6.58. The highest BCUT2D eigenvalue weighted by molar-refractivity contribution is 5.94. The van der Waals surface area contributed by atoms with Crippen LogP contribution in [0, 0.1) is 13.8 Å². The van der Waals surface area contributed by atoms with Crippen LogP contribution in [0.15, 0.2) is 42.5 Å². The maximum Gasteiger partial charge on any atom is 0.251 e. The van der Waals surface area contributed by atoms with E-state index in [4.69, 9.17) is 4.74 Å². The Kier molecular flexibility index (Phi) is 4.41. The number of methoxy groups -OCH3 is 1. The predicted octanol–water partition coefficient (Wildman–Crippen LogP) is 3.24. The number of amides is 1. The van der Waals surface area contributed by atoms with Gasteiger partial charge in [-0.05, 0) is 43.7 Å². The zero-order chi connectivity index (χ0) is 14.5. The summed E-state index contributed by atoms with van der Waals surface area (Å²) in [6.07, 6.45) is 0. The molecule has 3 nitrogen and oxygen atoms in total. The molecule has 1 amide bonds. The zero-order valence-electron chi connectivity index (χ0n) is 12.1. The average molecular weight is 269 g/mol. The molecular formula is C17H19NO2. The Hall–Kier alpha value is -2.29. The van der Waals surface area contributed by atoms with E-state index < -0.39 is 0 Å². The normalized spacial score (nSPS) is 10.2. The van der Waals surface area contributed by atoms with E-state index in [2.05, 4.69) is 11.4 Å². The summed E-state index contributed by atoms with van der Waals surface area (Å²) < 4.78 is 5.10. The predicted molar refractivity (Wildman–Crippen MR) is 80.1 cm³/mol. The van der Waals surface area contributed by atoms with Crippen LogP contribution < -0.4 is 10.1 Å². The van der Waals surface area contributed by atoms with E-state index in [0.717, 1.165) is 22.4 Å². The summed E-state index contributed by atoms with van der Waals surface area (Å²) in [5, 5.41) is 2.93. The van der Waals surface area contributed by atoms with Gasteiger partial charge in [-0.15, -0.1) is 0 Å². The second-order valence-electron chi connectivity index (χ2n) is 4.91. The molecule has 2 aromatic carbocycles. The number of benzene rings is 2. The SMILES string of the molecule is COc1ccc(CNC(=O)c2cc(C)cc(C)c2)cc1. The third-order valence-corrected chi connectivity index (χ3v) is 3.10. The number of aryl methyl sites for hydroxylation is 2. The summed E-state index contributed by atoms with van der Waals surface area (Å²) in [4.78, 5) is 12.1. The van der Waals surface area contributed by atoms with Crippen LogP contribution in [-0.4, -0.2) is 13.0 Å². The van der Waals surface area contributed by atoms with Gasteiger partial charge in [0.15, 0.2) is 0 Å². The number of nitrogens with one attached hydrogen (secondary N) is 1. The molecule has 0 radical (unpaired) electrons. The first-order valence-electron chi connectivity index (χ1n) is 6.58. The molecule has 2 rings (SSSR count). The fraction of sp³-hybridized carbons (Fsp3) is 0.235. The molecule has 2 aromatic rings. The highest BCUT2D eigenvalue weighted by atomic mass is 16.5. The van der Waals surface area contributed by atoms with Crippen LogP contribution in [0.1, 0.15) is 27.0 Å². The molecule has 0 aliphatic rings. The van der Waals surface area contributed by atoms with Gasteiger partial charge in [0.2, 0.25) is 0 Å². The molecule has 0 atom stereocenters. The minimum absolute atomic E-state index is 0.0485. The topological polar surface area (TPSA) is 38.3 Å². The standard InChI is InChI=1S/C17H19NO2/c1-12-8-13(2)10-15(9-12)17(19)18-11-14-4-6-16(20-3)7-5-14/h4-10H,11H2,1-3H3,(H,18,19). The van der Waals surface area contributed by atoms with E-state index >= 15 is 0 Å². The minimum atomic E-state index is -0.0485. The average Bonchev–Trinajstić information content (AvgIpc) is 2.44. The van der Waals surface area contributed by atoms with Gasteiger partial charge < -0.3 is 10.1 Å². The lowest BCUT2D eigenvalue weighted by Gasteiger charge is -2.08. The van der Waals surface area contributed by atoms with E-state index in [0.29, 0.717) is 12.1 Å². The zero-order valence-corrected chi connectivity index (χ0v) is 12.1. The van der Waals surface area contributed by atoms with Crippen LogP contribution in [0.3, 0.4) is 0 Å². The Morgan fingerprint density at radius 3 is 2.20 bits per heavy atom. The molecule has 0 unspecified atom stereocenters. The molecule has 0 spiro atoms. The first-order chi connectivity index (χ1) is 9.58. The van der Waals surface area contributed by atoms with E-state index in [9.17, 15) is 4.79 Å². The fourth-order valence-electron chi connectivity index (χ4n) is 2.13. The van der Waals surface area contributed by atoms with E-state index in [1.807, 2.05) is 50.2 Å². The molecular weight excluding hydrogens is 250 g/mol. The van der Waals surface area contributed by atoms with Gasteiger partial charge in [0, 0.05) is 12.1 Å². The number of carbonyl (C=O) groups is 1. The lowest BCUT2D eigenvalue weighted by Crippen LogP contribution is -2.22. The van der Waals surface area contributed by atoms with Crippen molar-refractivity contribution in [3.05, 3.63) is 64.7 Å². The quantitative estimate of drug-likeness (QED) is 0.925. The second-order valence-corrected chi connectivity index (χ2v) is 4.91. The van der Waals surface area contributed by atoms with Gasteiger partial charge in [-0.25, -0.2) is 0 Å². The van der Waals surface area contributed by atoms with Crippen molar-refractivity contribution in [1.29, 1.82) is 0 Å². The largest absolute Gasteiger partial charge is 0.497 e. The molecule has 3 heteroatoms. The third-order valence-electron chi connectivity index (χ3n) is 3.10. The lowest BCUT2D eigenvalue weighted by molar-refractivity contribution is 0.0950. The molecule has 0 aromatic heterocycles. The summed E-state index contributed by atoms with van der Waals surface area (Å²) in [7, 11) is 1.64. The Morgan fingerprint density at radius 2 is 1.65 bits per heavy atom. The van der Waals surface area contributed by atoms with Gasteiger partial charge in [0.1, 0.15) is 5.75 Å². The molecule has 0 heterocycles.